The Balaban J connectivity index is 2.74. The molecule has 0 amide bonds. The quantitative estimate of drug-likeness (QED) is 0.495. The van der Waals surface area contributed by atoms with E-state index in [1.165, 1.54) is 0 Å². The molecule has 1 rings (SSSR count). The molecule has 0 bridgehead atoms. The van der Waals surface area contributed by atoms with E-state index in [-0.39, 0.29) is 12.7 Å². The average Bonchev–Trinajstić information content (AvgIpc) is 2.38. The van der Waals surface area contributed by atoms with Crippen molar-refractivity contribution < 1.29 is 28.6 Å². The second-order valence-electron chi connectivity index (χ2n) is 4.42. The molecule has 0 aliphatic rings. The zero-order valence-electron chi connectivity index (χ0n) is 10.6. The number of carbonyl (C=O) groups is 3. The van der Waals surface area contributed by atoms with Crippen LogP contribution in [-0.4, -0.2) is 43.8 Å². The molecule has 1 unspecified atom stereocenters. The van der Waals surface area contributed by atoms with Crippen molar-refractivity contribution >= 4 is 28.6 Å². The maximum Gasteiger partial charge on any atom is 0.308 e. The number of hydrogen-bond donors (Lipinski definition) is 3. The van der Waals surface area contributed by atoms with E-state index in [4.69, 9.17) is 5.11 Å². The molecule has 0 aromatic heterocycles. The van der Waals surface area contributed by atoms with Crippen molar-refractivity contribution in [1.29, 1.82) is 0 Å². The van der Waals surface area contributed by atoms with Gasteiger partial charge in [-0.05, 0) is 12.0 Å². The highest BCUT2D eigenvalue weighted by Gasteiger charge is 2.27. The molecule has 0 aliphatic heterocycles. The van der Waals surface area contributed by atoms with Crippen LogP contribution in [-0.2, 0) is 20.8 Å². The number of aldehydes is 1. The molecule has 0 aliphatic carbocycles. The van der Waals surface area contributed by atoms with E-state index in [1.807, 2.05) is 0 Å². The van der Waals surface area contributed by atoms with Crippen LogP contribution in [0, 0.1) is 5.92 Å². The molecule has 110 valence electrons. The summed E-state index contributed by atoms with van der Waals surface area (Å²) in [5.41, 5.74) is 0.747. The lowest BCUT2D eigenvalue weighted by molar-refractivity contribution is -0.141. The smallest absolute Gasteiger partial charge is 0.308 e. The summed E-state index contributed by atoms with van der Waals surface area (Å²) in [6.07, 6.45) is 0.127. The summed E-state index contributed by atoms with van der Waals surface area (Å²) >= 11 is 0. The fourth-order valence-electron chi connectivity index (χ4n) is 1.76. The van der Waals surface area contributed by atoms with Crippen molar-refractivity contribution in [2.75, 3.05) is 11.5 Å². The zero-order chi connectivity index (χ0) is 15.2. The molecular formula is C13H16O6S. The number of carboxylic acids is 1. The summed E-state index contributed by atoms with van der Waals surface area (Å²) < 4.78 is 19.4. The van der Waals surface area contributed by atoms with Gasteiger partial charge in [-0.15, -0.1) is 0 Å². The van der Waals surface area contributed by atoms with Crippen molar-refractivity contribution in [3.05, 3.63) is 35.9 Å². The summed E-state index contributed by atoms with van der Waals surface area (Å²) in [4.78, 5) is 32.3. The van der Waals surface area contributed by atoms with Crippen LogP contribution >= 0.6 is 10.6 Å². The molecule has 1 aromatic carbocycles. The first kappa shape index (κ1) is 16.4. The Morgan fingerprint density at radius 3 is 2.30 bits per heavy atom. The first-order valence-electron chi connectivity index (χ1n) is 5.82. The van der Waals surface area contributed by atoms with Gasteiger partial charge in [-0.25, -0.2) is 0 Å². The van der Waals surface area contributed by atoms with Gasteiger partial charge in [0.25, 0.3) is 0 Å². The average molecular weight is 300 g/mol. The number of hydrogen-bond acceptors (Lipinski definition) is 5. The highest BCUT2D eigenvalue weighted by Crippen LogP contribution is 2.40. The highest BCUT2D eigenvalue weighted by atomic mass is 32.3. The van der Waals surface area contributed by atoms with Gasteiger partial charge in [0.1, 0.15) is 5.75 Å². The first-order chi connectivity index (χ1) is 9.34. The van der Waals surface area contributed by atoms with E-state index in [0.717, 1.165) is 5.56 Å². The molecule has 0 saturated carbocycles. The number of carboxylic acid groups (broad SMARTS) is 1. The number of benzene rings is 1. The van der Waals surface area contributed by atoms with Gasteiger partial charge in [0.05, 0.1) is 11.7 Å². The van der Waals surface area contributed by atoms with Crippen molar-refractivity contribution in [2.24, 2.45) is 5.92 Å². The predicted molar refractivity (Wildman–Crippen MR) is 74.9 cm³/mol. The largest absolute Gasteiger partial charge is 0.481 e. The molecule has 0 radical (unpaired) electrons. The van der Waals surface area contributed by atoms with Gasteiger partial charge in [-0.1, -0.05) is 30.3 Å². The fraction of sp³-hybridized carbons (Fsp3) is 0.308. The fourth-order valence-corrected chi connectivity index (χ4v) is 3.31. The van der Waals surface area contributed by atoms with Crippen LogP contribution in [0.1, 0.15) is 5.56 Å². The van der Waals surface area contributed by atoms with Crippen molar-refractivity contribution in [2.45, 2.75) is 6.42 Å². The highest BCUT2D eigenvalue weighted by molar-refractivity contribution is 8.24. The lowest BCUT2D eigenvalue weighted by Crippen LogP contribution is -2.27. The second kappa shape index (κ2) is 7.18. The molecular weight excluding hydrogens is 284 g/mol. The minimum atomic E-state index is -3.42. The summed E-state index contributed by atoms with van der Waals surface area (Å²) in [6.45, 7) is 0. The number of aliphatic carboxylic acids is 1. The second-order valence-corrected chi connectivity index (χ2v) is 6.65. The first-order valence-corrected chi connectivity index (χ1v) is 7.71. The van der Waals surface area contributed by atoms with Gasteiger partial charge in [0, 0.05) is 0 Å². The van der Waals surface area contributed by atoms with Crippen LogP contribution in [0.2, 0.25) is 0 Å². The Bertz CT molecular complexity index is 485. The number of rotatable bonds is 8. The van der Waals surface area contributed by atoms with Crippen LogP contribution in [0.4, 0.5) is 0 Å². The van der Waals surface area contributed by atoms with Crippen LogP contribution in [0.15, 0.2) is 30.3 Å². The molecule has 7 heteroatoms. The molecule has 0 fully saturated rings. The lowest BCUT2D eigenvalue weighted by atomic mass is 10.0. The number of ketones is 1. The molecule has 0 heterocycles. The van der Waals surface area contributed by atoms with Crippen LogP contribution < -0.4 is 0 Å². The Hall–Kier alpha value is -1.70. The van der Waals surface area contributed by atoms with E-state index in [2.05, 4.69) is 0 Å². The van der Waals surface area contributed by atoms with Gasteiger partial charge in [-0.3, -0.25) is 23.5 Å². The topological polar surface area (TPSA) is 112 Å². The molecule has 0 saturated heterocycles. The van der Waals surface area contributed by atoms with Gasteiger partial charge in [0.2, 0.25) is 5.78 Å². The Kier molecular flexibility index (Phi) is 5.87. The Labute approximate surface area is 117 Å². The van der Waals surface area contributed by atoms with Gasteiger partial charge >= 0.3 is 5.97 Å². The number of carbonyl (C=O) groups excluding carboxylic acids is 2. The lowest BCUT2D eigenvalue weighted by Gasteiger charge is -2.33. The summed E-state index contributed by atoms with van der Waals surface area (Å²) in [7, 11) is -3.42. The standard InChI is InChI=1S/C13H16O6S/c14-7-12(15)9-20(18,19)8-11(13(16)17)6-10-4-2-1-3-5-10/h1-5,7,11,18-19H,6,8-9H2,(H,16,17). The van der Waals surface area contributed by atoms with Crippen molar-refractivity contribution in [1.82, 2.24) is 0 Å². The molecule has 6 nitrogen and oxygen atoms in total. The van der Waals surface area contributed by atoms with Crippen LogP contribution in [0.25, 0.3) is 0 Å². The third-order valence-corrected chi connectivity index (χ3v) is 4.33. The summed E-state index contributed by atoms with van der Waals surface area (Å²) in [5.74, 6) is -4.32. The predicted octanol–water partition coefficient (Wildman–Crippen LogP) is 1.45. The SMILES string of the molecule is O=CC(=O)CS(O)(O)CC(Cc1ccccc1)C(=O)O. The summed E-state index contributed by atoms with van der Waals surface area (Å²) in [5, 5.41) is 9.13. The molecule has 0 spiro atoms. The van der Waals surface area contributed by atoms with Gasteiger partial charge < -0.3 is 5.11 Å². The third kappa shape index (κ3) is 5.52. The van der Waals surface area contributed by atoms with Crippen molar-refractivity contribution in [3.63, 3.8) is 0 Å². The maximum absolute atomic E-state index is 11.2. The monoisotopic (exact) mass is 300 g/mol. The molecule has 20 heavy (non-hydrogen) atoms. The van der Waals surface area contributed by atoms with E-state index >= 15 is 0 Å². The normalized spacial score (nSPS) is 13.5. The summed E-state index contributed by atoms with van der Waals surface area (Å²) in [6, 6.07) is 8.76. The van der Waals surface area contributed by atoms with E-state index in [9.17, 15) is 23.5 Å². The molecule has 3 N–H and O–H groups in total. The number of Topliss-reactive ketones (excluding diaryl/α,β-unsaturated/α-hetero) is 1. The molecule has 1 atom stereocenters. The molecule has 1 aromatic rings. The van der Waals surface area contributed by atoms with Crippen molar-refractivity contribution in [3.8, 4) is 0 Å². The van der Waals surface area contributed by atoms with E-state index < -0.39 is 39.8 Å². The Morgan fingerprint density at radius 1 is 1.20 bits per heavy atom. The van der Waals surface area contributed by atoms with E-state index in [1.54, 1.807) is 30.3 Å². The third-order valence-electron chi connectivity index (χ3n) is 2.65. The minimum Gasteiger partial charge on any atom is -0.481 e. The zero-order valence-corrected chi connectivity index (χ0v) is 11.5. The van der Waals surface area contributed by atoms with E-state index in [0.29, 0.717) is 0 Å². The maximum atomic E-state index is 11.2. The Morgan fingerprint density at radius 2 is 1.80 bits per heavy atom. The van der Waals surface area contributed by atoms with Crippen LogP contribution in [0.3, 0.4) is 0 Å². The van der Waals surface area contributed by atoms with Gasteiger partial charge in [0.15, 0.2) is 6.29 Å². The minimum absolute atomic E-state index is 0.00115. The van der Waals surface area contributed by atoms with Crippen LogP contribution in [0.5, 0.6) is 0 Å². The van der Waals surface area contributed by atoms with Gasteiger partial charge in [-0.2, -0.15) is 10.6 Å².